The predicted molar refractivity (Wildman–Crippen MR) is 82.1 cm³/mol. The molecule has 5 fully saturated rings. The van der Waals surface area contributed by atoms with Crippen molar-refractivity contribution in [1.82, 2.24) is 0 Å². The van der Waals surface area contributed by atoms with Gasteiger partial charge in [0.1, 0.15) is 12.2 Å². The molecule has 0 radical (unpaired) electrons. The van der Waals surface area contributed by atoms with Crippen LogP contribution in [-0.2, 0) is 28.5 Å². The summed E-state index contributed by atoms with van der Waals surface area (Å²) >= 11 is 0. The van der Waals surface area contributed by atoms with Crippen molar-refractivity contribution in [2.45, 2.75) is 100 Å². The highest BCUT2D eigenvalue weighted by molar-refractivity contribution is 5.78. The monoisotopic (exact) mass is 338 g/mol. The molecule has 0 unspecified atom stereocenters. The number of ether oxygens (including phenoxy) is 5. The summed E-state index contributed by atoms with van der Waals surface area (Å²) in [6, 6.07) is 0. The standard InChI is InChI=1S/C18H26O6/c19-16-15-14(23-18(24-15)9-5-2-6-10-18)13(21-16)12-11-20-17(22-12)7-3-1-4-8-17/h12-15H,1-11H2/t12-,13-,14+,15+/m1/s1. The fourth-order valence-corrected chi connectivity index (χ4v) is 5.03. The molecule has 2 spiro atoms. The highest BCUT2D eigenvalue weighted by Crippen LogP contribution is 2.47. The van der Waals surface area contributed by atoms with Gasteiger partial charge in [-0.15, -0.1) is 0 Å². The van der Waals surface area contributed by atoms with Crippen LogP contribution in [-0.4, -0.2) is 48.6 Å². The molecule has 134 valence electrons. The normalized spacial score (nSPS) is 43.2. The Labute approximate surface area is 142 Å². The van der Waals surface area contributed by atoms with E-state index in [2.05, 4.69) is 0 Å². The summed E-state index contributed by atoms with van der Waals surface area (Å²) in [6.45, 7) is 0.470. The van der Waals surface area contributed by atoms with Crippen LogP contribution in [0.15, 0.2) is 0 Å². The van der Waals surface area contributed by atoms with Crippen molar-refractivity contribution in [2.75, 3.05) is 6.61 Å². The smallest absolute Gasteiger partial charge is 0.338 e. The summed E-state index contributed by atoms with van der Waals surface area (Å²) in [4.78, 5) is 12.3. The van der Waals surface area contributed by atoms with Crippen LogP contribution in [0.2, 0.25) is 0 Å². The van der Waals surface area contributed by atoms with E-state index in [1.807, 2.05) is 0 Å². The summed E-state index contributed by atoms with van der Waals surface area (Å²) < 4.78 is 30.2. The molecule has 0 bridgehead atoms. The molecular weight excluding hydrogens is 312 g/mol. The van der Waals surface area contributed by atoms with Crippen LogP contribution in [0, 0.1) is 0 Å². The van der Waals surface area contributed by atoms with E-state index in [0.29, 0.717) is 6.61 Å². The zero-order valence-corrected chi connectivity index (χ0v) is 14.0. The number of hydrogen-bond acceptors (Lipinski definition) is 6. The molecule has 3 heterocycles. The van der Waals surface area contributed by atoms with E-state index in [9.17, 15) is 4.79 Å². The molecule has 5 rings (SSSR count). The van der Waals surface area contributed by atoms with Crippen molar-refractivity contribution in [3.63, 3.8) is 0 Å². The van der Waals surface area contributed by atoms with Gasteiger partial charge in [0.05, 0.1) is 6.61 Å². The zero-order chi connectivity index (χ0) is 16.2. The Bertz CT molecular complexity index is 508. The number of carbonyl (C=O) groups excluding carboxylic acids is 1. The summed E-state index contributed by atoms with van der Waals surface area (Å²) in [5.41, 5.74) is 0. The fourth-order valence-electron chi connectivity index (χ4n) is 5.03. The van der Waals surface area contributed by atoms with E-state index in [0.717, 1.165) is 51.4 Å². The van der Waals surface area contributed by atoms with Crippen molar-refractivity contribution in [2.24, 2.45) is 0 Å². The molecule has 24 heavy (non-hydrogen) atoms. The molecule has 6 nitrogen and oxygen atoms in total. The van der Waals surface area contributed by atoms with Gasteiger partial charge in [-0.05, 0) is 25.7 Å². The second kappa shape index (κ2) is 5.66. The van der Waals surface area contributed by atoms with E-state index in [1.165, 1.54) is 12.8 Å². The Hall–Kier alpha value is -0.690. The molecule has 5 aliphatic rings. The van der Waals surface area contributed by atoms with Crippen molar-refractivity contribution >= 4 is 5.97 Å². The number of carbonyl (C=O) groups is 1. The molecule has 2 saturated carbocycles. The molecule has 6 heteroatoms. The van der Waals surface area contributed by atoms with E-state index in [1.54, 1.807) is 0 Å². The van der Waals surface area contributed by atoms with Crippen molar-refractivity contribution in [1.29, 1.82) is 0 Å². The van der Waals surface area contributed by atoms with Crippen molar-refractivity contribution in [3.8, 4) is 0 Å². The van der Waals surface area contributed by atoms with Crippen LogP contribution in [0.25, 0.3) is 0 Å². The first-order valence-corrected chi connectivity index (χ1v) is 9.57. The molecule has 0 N–H and O–H groups in total. The lowest BCUT2D eigenvalue weighted by molar-refractivity contribution is -0.230. The Morgan fingerprint density at radius 1 is 0.750 bits per heavy atom. The number of esters is 1. The Morgan fingerprint density at radius 2 is 1.42 bits per heavy atom. The quantitative estimate of drug-likeness (QED) is 0.684. The van der Waals surface area contributed by atoms with Gasteiger partial charge in [0.15, 0.2) is 23.8 Å². The molecule has 0 aromatic heterocycles. The Morgan fingerprint density at radius 3 is 2.12 bits per heavy atom. The second-order valence-electron chi connectivity index (χ2n) is 7.93. The van der Waals surface area contributed by atoms with Crippen LogP contribution < -0.4 is 0 Å². The van der Waals surface area contributed by atoms with Gasteiger partial charge in [0.25, 0.3) is 0 Å². The molecule has 3 saturated heterocycles. The van der Waals surface area contributed by atoms with E-state index >= 15 is 0 Å². The third-order valence-corrected chi connectivity index (χ3v) is 6.27. The predicted octanol–water partition coefficient (Wildman–Crippen LogP) is 2.43. The van der Waals surface area contributed by atoms with Gasteiger partial charge in [-0.25, -0.2) is 4.79 Å². The molecule has 0 aromatic carbocycles. The highest BCUT2D eigenvalue weighted by atomic mass is 16.8. The summed E-state index contributed by atoms with van der Waals surface area (Å²) in [7, 11) is 0. The maximum Gasteiger partial charge on any atom is 0.338 e. The van der Waals surface area contributed by atoms with Gasteiger partial charge in [0.2, 0.25) is 0 Å². The first-order valence-electron chi connectivity index (χ1n) is 9.57. The maximum atomic E-state index is 12.3. The van der Waals surface area contributed by atoms with E-state index in [-0.39, 0.29) is 18.2 Å². The largest absolute Gasteiger partial charge is 0.455 e. The highest BCUT2D eigenvalue weighted by Gasteiger charge is 2.62. The van der Waals surface area contributed by atoms with E-state index < -0.39 is 23.8 Å². The minimum atomic E-state index is -0.598. The Kier molecular flexibility index (Phi) is 3.67. The number of cyclic esters (lactones) is 1. The SMILES string of the molecule is O=C1O[C@H]([C@H]2COC3(CCCCC3)O2)[C@@H]2OC3(CCCCC3)O[C@H]12. The minimum absolute atomic E-state index is 0.246. The fraction of sp³-hybridized carbons (Fsp3) is 0.944. The van der Waals surface area contributed by atoms with Crippen LogP contribution in [0.4, 0.5) is 0 Å². The number of fused-ring (bicyclic) bond motifs is 1. The van der Waals surface area contributed by atoms with Gasteiger partial charge in [-0.3, -0.25) is 0 Å². The third kappa shape index (κ3) is 2.42. The van der Waals surface area contributed by atoms with Crippen LogP contribution in [0.1, 0.15) is 64.2 Å². The van der Waals surface area contributed by atoms with Gasteiger partial charge in [-0.2, -0.15) is 0 Å². The Balaban J connectivity index is 1.31. The lowest BCUT2D eigenvalue weighted by Gasteiger charge is -2.34. The molecule has 4 atom stereocenters. The summed E-state index contributed by atoms with van der Waals surface area (Å²) in [6.07, 6.45) is 8.87. The van der Waals surface area contributed by atoms with Crippen LogP contribution in [0.3, 0.4) is 0 Å². The van der Waals surface area contributed by atoms with Gasteiger partial charge in [-0.1, -0.05) is 12.8 Å². The van der Waals surface area contributed by atoms with Crippen molar-refractivity contribution in [3.05, 3.63) is 0 Å². The lowest BCUT2D eigenvalue weighted by atomic mass is 9.94. The average molecular weight is 338 g/mol. The van der Waals surface area contributed by atoms with Gasteiger partial charge >= 0.3 is 5.97 Å². The van der Waals surface area contributed by atoms with Crippen LogP contribution >= 0.6 is 0 Å². The third-order valence-electron chi connectivity index (χ3n) is 6.27. The second-order valence-corrected chi connectivity index (χ2v) is 7.93. The maximum absolute atomic E-state index is 12.3. The first kappa shape index (κ1) is 15.6. The lowest BCUT2D eigenvalue weighted by Crippen LogP contribution is -2.43. The molecule has 3 aliphatic heterocycles. The first-order chi connectivity index (χ1) is 11.7. The average Bonchev–Trinajstić information content (AvgIpc) is 3.24. The van der Waals surface area contributed by atoms with Crippen molar-refractivity contribution < 1.29 is 28.5 Å². The molecule has 0 aromatic rings. The molecule has 2 aliphatic carbocycles. The van der Waals surface area contributed by atoms with Gasteiger partial charge in [0, 0.05) is 25.7 Å². The topological polar surface area (TPSA) is 63.2 Å². The van der Waals surface area contributed by atoms with Crippen LogP contribution in [0.5, 0.6) is 0 Å². The summed E-state index contributed by atoms with van der Waals surface area (Å²) in [5, 5.41) is 0. The number of rotatable bonds is 1. The molecular formula is C18H26O6. The van der Waals surface area contributed by atoms with E-state index in [4.69, 9.17) is 23.7 Å². The van der Waals surface area contributed by atoms with Gasteiger partial charge < -0.3 is 23.7 Å². The zero-order valence-electron chi connectivity index (χ0n) is 14.0. The minimum Gasteiger partial charge on any atom is -0.455 e. The summed E-state index contributed by atoms with van der Waals surface area (Å²) in [5.74, 6) is -1.34. The number of hydrogen-bond donors (Lipinski definition) is 0. The molecule has 0 amide bonds.